The average molecular weight is 248 g/mol. The van der Waals surface area contributed by atoms with Gasteiger partial charge < -0.3 is 5.32 Å². The summed E-state index contributed by atoms with van der Waals surface area (Å²) in [5, 5.41) is 6.08. The summed E-state index contributed by atoms with van der Waals surface area (Å²) >= 11 is 0. The van der Waals surface area contributed by atoms with Crippen LogP contribution in [0.3, 0.4) is 0 Å². The Morgan fingerprint density at radius 3 is 3.28 bits per heavy atom. The molecule has 3 rings (SSSR count). The number of nitrogens with one attached hydrogen (secondary N) is 2. The number of nitrogens with zero attached hydrogens (tertiary/aromatic N) is 4. The molecule has 0 radical (unpaired) electrons. The van der Waals surface area contributed by atoms with Crippen LogP contribution < -0.4 is 10.9 Å². The Bertz CT molecular complexity index is 603. The van der Waals surface area contributed by atoms with Crippen molar-refractivity contribution in [1.29, 1.82) is 0 Å². The molecular formula is C11H16N6O. The van der Waals surface area contributed by atoms with Crippen LogP contribution in [0.15, 0.2) is 17.2 Å². The minimum Gasteiger partial charge on any atom is -0.314 e. The highest BCUT2D eigenvalue weighted by atomic mass is 16.1. The van der Waals surface area contributed by atoms with Gasteiger partial charge in [-0.3, -0.25) is 14.8 Å². The van der Waals surface area contributed by atoms with Crippen LogP contribution >= 0.6 is 0 Å². The molecule has 0 spiro atoms. The van der Waals surface area contributed by atoms with E-state index in [9.17, 15) is 4.79 Å². The molecule has 7 nitrogen and oxygen atoms in total. The fourth-order valence-corrected chi connectivity index (χ4v) is 2.28. The van der Waals surface area contributed by atoms with E-state index in [1.54, 1.807) is 6.07 Å². The second-order valence-corrected chi connectivity index (χ2v) is 4.63. The molecule has 7 heteroatoms. The molecule has 18 heavy (non-hydrogen) atoms. The van der Waals surface area contributed by atoms with Crippen LogP contribution in [-0.4, -0.2) is 50.2 Å². The molecule has 0 saturated carbocycles. The van der Waals surface area contributed by atoms with Crippen molar-refractivity contribution in [3.05, 3.63) is 28.4 Å². The molecule has 1 unspecified atom stereocenters. The van der Waals surface area contributed by atoms with Gasteiger partial charge in [-0.25, -0.2) is 9.97 Å². The van der Waals surface area contributed by atoms with Crippen molar-refractivity contribution in [1.82, 2.24) is 29.8 Å². The topological polar surface area (TPSA) is 78.3 Å². The molecular weight excluding hydrogens is 232 g/mol. The van der Waals surface area contributed by atoms with E-state index in [0.717, 1.165) is 25.3 Å². The maximum Gasteiger partial charge on any atom is 0.274 e. The average Bonchev–Trinajstić information content (AvgIpc) is 2.81. The first kappa shape index (κ1) is 11.4. The number of piperazine rings is 1. The number of aromatic nitrogens is 4. The summed E-state index contributed by atoms with van der Waals surface area (Å²) in [5.74, 6) is 0.431. The van der Waals surface area contributed by atoms with Crippen LogP contribution in [0.5, 0.6) is 0 Å². The van der Waals surface area contributed by atoms with E-state index < -0.39 is 0 Å². The Hall–Kier alpha value is -1.73. The van der Waals surface area contributed by atoms with Crippen molar-refractivity contribution in [3.63, 3.8) is 0 Å². The molecule has 3 heterocycles. The van der Waals surface area contributed by atoms with Crippen LogP contribution in [0.25, 0.3) is 5.78 Å². The maximum atomic E-state index is 11.8. The van der Waals surface area contributed by atoms with Crippen molar-refractivity contribution >= 4 is 5.78 Å². The van der Waals surface area contributed by atoms with Crippen LogP contribution in [0.2, 0.25) is 0 Å². The summed E-state index contributed by atoms with van der Waals surface area (Å²) in [4.78, 5) is 22.5. The highest BCUT2D eigenvalue weighted by molar-refractivity contribution is 5.26. The summed E-state index contributed by atoms with van der Waals surface area (Å²) in [6.07, 6.45) is 1.47. The Kier molecular flexibility index (Phi) is 2.85. The van der Waals surface area contributed by atoms with E-state index in [1.165, 1.54) is 10.8 Å². The predicted octanol–water partition coefficient (Wildman–Crippen LogP) is -0.789. The van der Waals surface area contributed by atoms with Crippen LogP contribution in [0, 0.1) is 0 Å². The van der Waals surface area contributed by atoms with Gasteiger partial charge in [0.25, 0.3) is 11.3 Å². The number of aromatic amines is 1. The minimum absolute atomic E-state index is 0.115. The number of hydrogen-bond acceptors (Lipinski definition) is 5. The highest BCUT2D eigenvalue weighted by Gasteiger charge is 2.18. The van der Waals surface area contributed by atoms with Gasteiger partial charge in [-0.1, -0.05) is 0 Å². The molecule has 0 aliphatic carbocycles. The Balaban J connectivity index is 1.87. The van der Waals surface area contributed by atoms with Crippen molar-refractivity contribution < 1.29 is 0 Å². The number of hydrogen-bond donors (Lipinski definition) is 2. The normalized spacial score (nSPS) is 21.5. The molecule has 0 amide bonds. The number of rotatable bonds is 2. The number of H-pyrrole nitrogens is 1. The van der Waals surface area contributed by atoms with E-state index >= 15 is 0 Å². The standard InChI is InChI=1S/C11H16N6O/c1-8-5-12-2-3-16(8)6-9-4-10(18)17-11(15-9)13-7-14-17/h4,7-8,12H,2-3,5-6H2,1H3,(H,13,14,15). The zero-order valence-corrected chi connectivity index (χ0v) is 10.3. The van der Waals surface area contributed by atoms with E-state index in [-0.39, 0.29) is 5.56 Å². The van der Waals surface area contributed by atoms with Gasteiger partial charge in [0, 0.05) is 38.3 Å². The lowest BCUT2D eigenvalue weighted by atomic mass is 10.2. The Morgan fingerprint density at radius 1 is 1.56 bits per heavy atom. The van der Waals surface area contributed by atoms with Gasteiger partial charge in [-0.15, -0.1) is 0 Å². The van der Waals surface area contributed by atoms with Gasteiger partial charge in [0.05, 0.1) is 5.69 Å². The van der Waals surface area contributed by atoms with Gasteiger partial charge >= 0.3 is 0 Å². The number of fused-ring (bicyclic) bond motifs is 1. The third-order valence-electron chi connectivity index (χ3n) is 3.32. The summed E-state index contributed by atoms with van der Waals surface area (Å²) in [6, 6.07) is 2.03. The molecule has 1 atom stereocenters. The molecule has 2 aromatic heterocycles. The fourth-order valence-electron chi connectivity index (χ4n) is 2.28. The smallest absolute Gasteiger partial charge is 0.274 e. The summed E-state index contributed by atoms with van der Waals surface area (Å²) < 4.78 is 1.34. The quantitative estimate of drug-likeness (QED) is 0.728. The zero-order chi connectivity index (χ0) is 12.5. The van der Waals surface area contributed by atoms with E-state index in [0.29, 0.717) is 18.4 Å². The second-order valence-electron chi connectivity index (χ2n) is 4.63. The van der Waals surface area contributed by atoms with Gasteiger partial charge in [-0.05, 0) is 6.92 Å². The third kappa shape index (κ3) is 2.02. The minimum atomic E-state index is -0.115. The monoisotopic (exact) mass is 248 g/mol. The molecule has 1 aliphatic heterocycles. The van der Waals surface area contributed by atoms with Crippen LogP contribution in [-0.2, 0) is 6.54 Å². The lowest BCUT2D eigenvalue weighted by Crippen LogP contribution is -2.49. The first-order valence-electron chi connectivity index (χ1n) is 6.11. The zero-order valence-electron chi connectivity index (χ0n) is 10.3. The Labute approximate surface area is 104 Å². The van der Waals surface area contributed by atoms with Crippen molar-refractivity contribution in [2.45, 2.75) is 19.5 Å². The third-order valence-corrected chi connectivity index (χ3v) is 3.32. The maximum absolute atomic E-state index is 11.8. The molecule has 0 aromatic carbocycles. The van der Waals surface area contributed by atoms with Gasteiger partial charge in [-0.2, -0.15) is 4.52 Å². The fraction of sp³-hybridized carbons (Fsp3) is 0.545. The highest BCUT2D eigenvalue weighted by Crippen LogP contribution is 2.07. The van der Waals surface area contributed by atoms with Crippen LogP contribution in [0.1, 0.15) is 12.6 Å². The van der Waals surface area contributed by atoms with Crippen LogP contribution in [0.4, 0.5) is 0 Å². The first-order chi connectivity index (χ1) is 8.74. The van der Waals surface area contributed by atoms with E-state index in [1.807, 2.05) is 0 Å². The van der Waals surface area contributed by atoms with Crippen molar-refractivity contribution in [3.8, 4) is 0 Å². The second kappa shape index (κ2) is 4.51. The molecule has 1 fully saturated rings. The molecule has 1 aliphatic rings. The molecule has 1 saturated heterocycles. The molecule has 2 aromatic rings. The summed E-state index contributed by atoms with van der Waals surface area (Å²) in [6.45, 7) is 5.80. The van der Waals surface area contributed by atoms with E-state index in [4.69, 9.17) is 0 Å². The lowest BCUT2D eigenvalue weighted by molar-refractivity contribution is 0.164. The Morgan fingerprint density at radius 2 is 2.44 bits per heavy atom. The largest absolute Gasteiger partial charge is 0.314 e. The van der Waals surface area contributed by atoms with E-state index in [2.05, 4.69) is 32.2 Å². The summed E-state index contributed by atoms with van der Waals surface area (Å²) in [5.41, 5.74) is 0.663. The van der Waals surface area contributed by atoms with Gasteiger partial charge in [0.1, 0.15) is 6.33 Å². The van der Waals surface area contributed by atoms with Gasteiger partial charge in [0.15, 0.2) is 0 Å². The predicted molar refractivity (Wildman–Crippen MR) is 66.3 cm³/mol. The van der Waals surface area contributed by atoms with Gasteiger partial charge in [0.2, 0.25) is 0 Å². The van der Waals surface area contributed by atoms with Crippen molar-refractivity contribution in [2.24, 2.45) is 0 Å². The first-order valence-corrected chi connectivity index (χ1v) is 6.11. The molecule has 0 bridgehead atoms. The molecule has 2 N–H and O–H groups in total. The SMILES string of the molecule is CC1CNCCN1Cc1cc(=O)n2[nH]cnc2n1. The lowest BCUT2D eigenvalue weighted by Gasteiger charge is -2.33. The summed E-state index contributed by atoms with van der Waals surface area (Å²) in [7, 11) is 0. The van der Waals surface area contributed by atoms with Crippen molar-refractivity contribution in [2.75, 3.05) is 19.6 Å². The molecule has 96 valence electrons.